The Morgan fingerprint density at radius 3 is 2.15 bits per heavy atom. The Labute approximate surface area is 119 Å². The highest BCUT2D eigenvalue weighted by molar-refractivity contribution is 7.89. The Morgan fingerprint density at radius 1 is 1.25 bits per heavy atom. The largest absolute Gasteiger partial charge is 0.478 e. The number of carboxylic acid groups (broad SMARTS) is 1. The van der Waals surface area contributed by atoms with Crippen molar-refractivity contribution >= 4 is 16.0 Å². The predicted molar refractivity (Wildman–Crippen MR) is 74.4 cm³/mol. The lowest BCUT2D eigenvalue weighted by Crippen LogP contribution is -2.35. The fraction of sp³-hybridized carbons (Fsp3) is 0.615. The van der Waals surface area contributed by atoms with E-state index in [0.29, 0.717) is 0 Å². The smallest absolute Gasteiger partial charge is 0.340 e. The van der Waals surface area contributed by atoms with Gasteiger partial charge in [0.25, 0.3) is 0 Å². The second-order valence-electron chi connectivity index (χ2n) is 6.05. The third kappa shape index (κ3) is 3.21. The van der Waals surface area contributed by atoms with Gasteiger partial charge in [-0.1, -0.05) is 20.8 Å². The number of aryl methyl sites for hydroxylation is 2. The normalized spacial score (nSPS) is 12.9. The van der Waals surface area contributed by atoms with Crippen molar-refractivity contribution in [2.24, 2.45) is 5.41 Å². The van der Waals surface area contributed by atoms with Gasteiger partial charge in [-0.15, -0.1) is 0 Å². The minimum absolute atomic E-state index is 0.0951. The van der Waals surface area contributed by atoms with Gasteiger partial charge in [-0.3, -0.25) is 0 Å². The molecule has 0 spiro atoms. The van der Waals surface area contributed by atoms with E-state index < -0.39 is 16.0 Å². The van der Waals surface area contributed by atoms with Gasteiger partial charge in [0.15, 0.2) is 0 Å². The SMILES string of the molecule is Cc1oc(C)c(S(=O)(=O)N(C)CC(C)(C)C)c1C(=O)O. The quantitative estimate of drug-likeness (QED) is 0.921. The fourth-order valence-corrected chi connectivity index (χ4v) is 3.89. The Morgan fingerprint density at radius 2 is 1.75 bits per heavy atom. The van der Waals surface area contributed by atoms with E-state index in [4.69, 9.17) is 4.42 Å². The summed E-state index contributed by atoms with van der Waals surface area (Å²) in [6, 6.07) is 0. The highest BCUT2D eigenvalue weighted by Crippen LogP contribution is 2.30. The first kappa shape index (κ1) is 16.7. The first-order valence-corrected chi connectivity index (χ1v) is 7.61. The molecular formula is C13H21NO5S. The molecule has 0 aromatic carbocycles. The molecule has 0 aliphatic carbocycles. The number of nitrogens with zero attached hydrogens (tertiary/aromatic N) is 1. The van der Waals surface area contributed by atoms with E-state index in [9.17, 15) is 18.3 Å². The van der Waals surface area contributed by atoms with Crippen LogP contribution in [0, 0.1) is 19.3 Å². The van der Waals surface area contributed by atoms with Crippen molar-refractivity contribution in [1.29, 1.82) is 0 Å². The third-order valence-electron chi connectivity index (χ3n) is 2.78. The highest BCUT2D eigenvalue weighted by atomic mass is 32.2. The predicted octanol–water partition coefficient (Wildman–Crippen LogP) is 2.26. The van der Waals surface area contributed by atoms with Crippen LogP contribution in [0.1, 0.15) is 42.6 Å². The average Bonchev–Trinajstić information content (AvgIpc) is 2.51. The van der Waals surface area contributed by atoms with Crippen molar-refractivity contribution < 1.29 is 22.7 Å². The van der Waals surface area contributed by atoms with Gasteiger partial charge in [-0.25, -0.2) is 17.5 Å². The summed E-state index contributed by atoms with van der Waals surface area (Å²) < 4.78 is 31.5. The van der Waals surface area contributed by atoms with Crippen molar-refractivity contribution in [1.82, 2.24) is 4.31 Å². The van der Waals surface area contributed by atoms with Gasteiger partial charge >= 0.3 is 5.97 Å². The van der Waals surface area contributed by atoms with E-state index in [1.165, 1.54) is 20.9 Å². The summed E-state index contributed by atoms with van der Waals surface area (Å²) in [5, 5.41) is 9.19. The molecule has 1 heterocycles. The number of sulfonamides is 1. The van der Waals surface area contributed by atoms with Gasteiger partial charge in [0.2, 0.25) is 10.0 Å². The summed E-state index contributed by atoms with van der Waals surface area (Å²) in [5.74, 6) is -1.11. The van der Waals surface area contributed by atoms with E-state index >= 15 is 0 Å². The van der Waals surface area contributed by atoms with Gasteiger partial charge in [-0.05, 0) is 19.3 Å². The van der Waals surface area contributed by atoms with Crippen LogP contribution in [0.2, 0.25) is 0 Å². The Hall–Kier alpha value is -1.34. The summed E-state index contributed by atoms with van der Waals surface area (Å²) in [6.45, 7) is 8.90. The maximum Gasteiger partial charge on any atom is 0.340 e. The summed E-state index contributed by atoms with van der Waals surface area (Å²) >= 11 is 0. The van der Waals surface area contributed by atoms with E-state index in [0.717, 1.165) is 4.31 Å². The second kappa shape index (κ2) is 5.21. The molecular weight excluding hydrogens is 282 g/mol. The number of hydrogen-bond acceptors (Lipinski definition) is 4. The number of carbonyl (C=O) groups is 1. The summed E-state index contributed by atoms with van der Waals surface area (Å²) in [7, 11) is -2.46. The molecule has 1 aromatic heterocycles. The number of furan rings is 1. The van der Waals surface area contributed by atoms with Crippen molar-refractivity contribution in [3.8, 4) is 0 Å². The van der Waals surface area contributed by atoms with Gasteiger partial charge in [0.05, 0.1) is 0 Å². The molecule has 0 saturated carbocycles. The number of carboxylic acids is 1. The summed E-state index contributed by atoms with van der Waals surface area (Å²) in [4.78, 5) is 11.0. The van der Waals surface area contributed by atoms with Crippen LogP contribution in [0.5, 0.6) is 0 Å². The molecule has 0 aliphatic heterocycles. The molecule has 114 valence electrons. The van der Waals surface area contributed by atoms with Crippen LogP contribution in [-0.2, 0) is 10.0 Å². The molecule has 1 N–H and O–H groups in total. The molecule has 0 saturated heterocycles. The van der Waals surface area contributed by atoms with Crippen molar-refractivity contribution in [2.75, 3.05) is 13.6 Å². The minimum Gasteiger partial charge on any atom is -0.478 e. The lowest BCUT2D eigenvalue weighted by Gasteiger charge is -2.26. The molecule has 6 nitrogen and oxygen atoms in total. The molecule has 0 fully saturated rings. The molecule has 1 aromatic rings. The molecule has 0 aliphatic rings. The zero-order chi connectivity index (χ0) is 15.9. The lowest BCUT2D eigenvalue weighted by molar-refractivity contribution is 0.0691. The van der Waals surface area contributed by atoms with E-state index in [-0.39, 0.29) is 33.9 Å². The Bertz CT molecular complexity index is 622. The Kier molecular flexibility index (Phi) is 4.36. The molecule has 7 heteroatoms. The van der Waals surface area contributed by atoms with Crippen LogP contribution in [-0.4, -0.2) is 37.4 Å². The number of rotatable bonds is 4. The standard InChI is InChI=1S/C13H21NO5S/c1-8-10(12(15)16)11(9(2)19-8)20(17,18)14(6)7-13(3,4)5/h7H2,1-6H3,(H,15,16). The molecule has 0 radical (unpaired) electrons. The molecule has 0 unspecified atom stereocenters. The first-order chi connectivity index (χ1) is 8.88. The molecule has 0 bridgehead atoms. The monoisotopic (exact) mass is 303 g/mol. The topological polar surface area (TPSA) is 87.8 Å². The minimum atomic E-state index is -3.90. The zero-order valence-corrected chi connectivity index (χ0v) is 13.5. The van der Waals surface area contributed by atoms with Crippen LogP contribution in [0.25, 0.3) is 0 Å². The highest BCUT2D eigenvalue weighted by Gasteiger charge is 2.34. The van der Waals surface area contributed by atoms with Gasteiger partial charge < -0.3 is 9.52 Å². The van der Waals surface area contributed by atoms with Crippen LogP contribution in [0.4, 0.5) is 0 Å². The molecule has 20 heavy (non-hydrogen) atoms. The third-order valence-corrected chi connectivity index (χ3v) is 4.74. The van der Waals surface area contributed by atoms with Crippen molar-refractivity contribution in [3.05, 3.63) is 17.1 Å². The second-order valence-corrected chi connectivity index (χ2v) is 8.03. The van der Waals surface area contributed by atoms with E-state index in [1.807, 2.05) is 20.8 Å². The van der Waals surface area contributed by atoms with Gasteiger partial charge in [0.1, 0.15) is 22.0 Å². The molecule has 0 amide bonds. The van der Waals surface area contributed by atoms with Crippen LogP contribution in [0.15, 0.2) is 9.31 Å². The maximum atomic E-state index is 12.6. The fourth-order valence-electron chi connectivity index (χ4n) is 2.13. The molecule has 1 rings (SSSR count). The van der Waals surface area contributed by atoms with E-state index in [1.54, 1.807) is 0 Å². The van der Waals surface area contributed by atoms with E-state index in [2.05, 4.69) is 0 Å². The van der Waals surface area contributed by atoms with Crippen LogP contribution in [0.3, 0.4) is 0 Å². The number of hydrogen-bond donors (Lipinski definition) is 1. The van der Waals surface area contributed by atoms with Crippen molar-refractivity contribution in [3.63, 3.8) is 0 Å². The lowest BCUT2D eigenvalue weighted by atomic mass is 9.97. The van der Waals surface area contributed by atoms with Gasteiger partial charge in [-0.2, -0.15) is 0 Å². The Balaban J connectivity index is 3.40. The maximum absolute atomic E-state index is 12.6. The summed E-state index contributed by atoms with van der Waals surface area (Å²) in [5.41, 5.74) is -0.527. The van der Waals surface area contributed by atoms with Crippen LogP contribution < -0.4 is 0 Å². The number of aromatic carboxylic acids is 1. The first-order valence-electron chi connectivity index (χ1n) is 6.17. The summed E-state index contributed by atoms with van der Waals surface area (Å²) in [6.07, 6.45) is 0. The molecule has 0 atom stereocenters. The van der Waals surface area contributed by atoms with Crippen molar-refractivity contribution in [2.45, 2.75) is 39.5 Å². The average molecular weight is 303 g/mol. The zero-order valence-electron chi connectivity index (χ0n) is 12.6. The van der Waals surface area contributed by atoms with Crippen LogP contribution >= 0.6 is 0 Å². The van der Waals surface area contributed by atoms with Gasteiger partial charge in [0, 0.05) is 13.6 Å².